The number of hydrogen-bond donors (Lipinski definition) is 0. The van der Waals surface area contributed by atoms with Crippen molar-refractivity contribution >= 4 is 19.8 Å². The summed E-state index contributed by atoms with van der Waals surface area (Å²) in [5.41, 5.74) is -0.643. The van der Waals surface area contributed by atoms with Crippen LogP contribution >= 0.6 is 0 Å². The second-order valence-electron chi connectivity index (χ2n) is 6.03. The van der Waals surface area contributed by atoms with E-state index < -0.39 is 25.2 Å². The van der Waals surface area contributed by atoms with Gasteiger partial charge in [-0.25, -0.2) is 4.79 Å². The third-order valence-electron chi connectivity index (χ3n) is 1.95. The van der Waals surface area contributed by atoms with Crippen LogP contribution in [0.2, 0.25) is 25.7 Å². The van der Waals surface area contributed by atoms with Gasteiger partial charge in [0.25, 0.3) is 0 Å². The van der Waals surface area contributed by atoms with Gasteiger partial charge in [0.1, 0.15) is 0 Å². The van der Waals surface area contributed by atoms with Crippen molar-refractivity contribution in [2.75, 3.05) is 6.61 Å². The van der Waals surface area contributed by atoms with E-state index in [4.69, 9.17) is 4.74 Å². The summed E-state index contributed by atoms with van der Waals surface area (Å²) in [7, 11) is -1.19. The van der Waals surface area contributed by atoms with E-state index in [0.29, 0.717) is 6.61 Å². The molecule has 0 amide bonds. The third kappa shape index (κ3) is 6.44. The summed E-state index contributed by atoms with van der Waals surface area (Å²) in [6.45, 7) is 12.1. The van der Waals surface area contributed by atoms with Crippen molar-refractivity contribution < 1.29 is 14.3 Å². The molecule has 0 N–H and O–H groups in total. The van der Waals surface area contributed by atoms with Gasteiger partial charge in [0.2, 0.25) is 5.78 Å². The SMILES string of the molecule is CC(C)(C)C(=O)C(=O)OCC[Si](C)(C)C. The van der Waals surface area contributed by atoms with Gasteiger partial charge in [-0.2, -0.15) is 0 Å². The smallest absolute Gasteiger partial charge is 0.375 e. The zero-order valence-corrected chi connectivity index (χ0v) is 11.6. The van der Waals surface area contributed by atoms with Gasteiger partial charge >= 0.3 is 5.97 Å². The van der Waals surface area contributed by atoms with Gasteiger partial charge in [0, 0.05) is 13.5 Å². The minimum absolute atomic E-state index is 0.371. The fourth-order valence-corrected chi connectivity index (χ4v) is 1.54. The summed E-state index contributed by atoms with van der Waals surface area (Å²) < 4.78 is 4.95. The molecule has 0 unspecified atom stereocenters. The van der Waals surface area contributed by atoms with Gasteiger partial charge in [0.15, 0.2) is 0 Å². The van der Waals surface area contributed by atoms with E-state index in [1.54, 1.807) is 20.8 Å². The molecule has 88 valence electrons. The molecule has 0 atom stereocenters. The Morgan fingerprint density at radius 3 is 1.93 bits per heavy atom. The highest BCUT2D eigenvalue weighted by atomic mass is 28.3. The van der Waals surface area contributed by atoms with Crippen LogP contribution in [-0.2, 0) is 14.3 Å². The minimum atomic E-state index is -1.19. The third-order valence-corrected chi connectivity index (χ3v) is 3.66. The topological polar surface area (TPSA) is 43.4 Å². The van der Waals surface area contributed by atoms with Crippen molar-refractivity contribution in [1.82, 2.24) is 0 Å². The number of carbonyl (C=O) groups excluding carboxylic acids is 2. The molecule has 0 radical (unpaired) electrons. The molecule has 0 aromatic rings. The Bertz CT molecular complexity index is 246. The first-order valence-electron chi connectivity index (χ1n) is 5.25. The van der Waals surface area contributed by atoms with Gasteiger partial charge < -0.3 is 4.74 Å². The highest BCUT2D eigenvalue weighted by molar-refractivity contribution is 6.76. The van der Waals surface area contributed by atoms with Gasteiger partial charge in [0.05, 0.1) is 6.61 Å². The molecule has 0 aromatic carbocycles. The fourth-order valence-electron chi connectivity index (χ4n) is 0.822. The van der Waals surface area contributed by atoms with Crippen molar-refractivity contribution in [3.8, 4) is 0 Å². The molecule has 0 heterocycles. The van der Waals surface area contributed by atoms with Gasteiger partial charge in [-0.3, -0.25) is 4.79 Å². The summed E-state index contributed by atoms with van der Waals surface area (Å²) in [6, 6.07) is 0.899. The van der Waals surface area contributed by atoms with E-state index >= 15 is 0 Å². The number of carbonyl (C=O) groups is 2. The van der Waals surface area contributed by atoms with Gasteiger partial charge in [-0.1, -0.05) is 40.4 Å². The molecule has 0 bridgehead atoms. The van der Waals surface area contributed by atoms with Gasteiger partial charge in [-0.15, -0.1) is 0 Å². The van der Waals surface area contributed by atoms with Crippen molar-refractivity contribution in [3.63, 3.8) is 0 Å². The molecule has 0 aliphatic carbocycles. The summed E-state index contributed by atoms with van der Waals surface area (Å²) >= 11 is 0. The second-order valence-corrected chi connectivity index (χ2v) is 11.6. The predicted molar refractivity (Wildman–Crippen MR) is 63.6 cm³/mol. The number of Topliss-reactive ketones (excluding diaryl/α,β-unsaturated/α-hetero) is 1. The molecular weight excluding hydrogens is 208 g/mol. The summed E-state index contributed by atoms with van der Waals surface area (Å²) in [5.74, 6) is -1.14. The predicted octanol–water partition coefficient (Wildman–Crippen LogP) is 2.48. The minimum Gasteiger partial charge on any atom is -0.460 e. The first-order valence-corrected chi connectivity index (χ1v) is 8.96. The quantitative estimate of drug-likeness (QED) is 0.423. The van der Waals surface area contributed by atoms with Crippen LogP contribution in [0.4, 0.5) is 0 Å². The number of esters is 1. The Hall–Kier alpha value is -0.643. The molecule has 15 heavy (non-hydrogen) atoms. The standard InChI is InChI=1S/C11H22O3Si/c1-11(2,3)9(12)10(13)14-7-8-15(4,5)6/h7-8H2,1-6H3. The monoisotopic (exact) mass is 230 g/mol. The van der Waals surface area contributed by atoms with Crippen LogP contribution in [0.3, 0.4) is 0 Å². The first-order chi connectivity index (χ1) is 6.54. The summed E-state index contributed by atoms with van der Waals surface area (Å²) in [6.07, 6.45) is 0. The van der Waals surface area contributed by atoms with Crippen molar-refractivity contribution in [2.24, 2.45) is 5.41 Å². The second kappa shape index (κ2) is 4.92. The zero-order chi connectivity index (χ0) is 12.3. The average Bonchev–Trinajstić information content (AvgIpc) is 1.98. The molecule has 0 spiro atoms. The van der Waals surface area contributed by atoms with Crippen LogP contribution in [-0.4, -0.2) is 26.4 Å². The molecule has 4 heteroatoms. The van der Waals surface area contributed by atoms with Crippen LogP contribution in [0.15, 0.2) is 0 Å². The lowest BCUT2D eigenvalue weighted by Crippen LogP contribution is -2.31. The molecule has 0 rings (SSSR count). The maximum atomic E-state index is 11.5. The molecular formula is C11H22O3Si. The number of rotatable bonds is 4. The Kier molecular flexibility index (Phi) is 4.71. The average molecular weight is 230 g/mol. The van der Waals surface area contributed by atoms with E-state index in [-0.39, 0.29) is 0 Å². The Balaban J connectivity index is 4.02. The van der Waals surface area contributed by atoms with Crippen molar-refractivity contribution in [2.45, 2.75) is 46.5 Å². The molecule has 0 fully saturated rings. The Morgan fingerprint density at radius 2 is 1.60 bits per heavy atom. The highest BCUT2D eigenvalue weighted by Gasteiger charge is 2.29. The number of ether oxygens (including phenoxy) is 1. The molecule has 0 aromatic heterocycles. The van der Waals surface area contributed by atoms with Crippen molar-refractivity contribution in [1.29, 1.82) is 0 Å². The summed E-state index contributed by atoms with van der Waals surface area (Å²) in [4.78, 5) is 22.8. The largest absolute Gasteiger partial charge is 0.460 e. The fraction of sp³-hybridized carbons (Fsp3) is 0.818. The Morgan fingerprint density at radius 1 is 1.13 bits per heavy atom. The van der Waals surface area contributed by atoms with E-state index in [1.165, 1.54) is 0 Å². The molecule has 0 aliphatic rings. The lowest BCUT2D eigenvalue weighted by Gasteiger charge is -2.17. The molecule has 0 aliphatic heterocycles. The van der Waals surface area contributed by atoms with Crippen molar-refractivity contribution in [3.05, 3.63) is 0 Å². The van der Waals surface area contributed by atoms with Gasteiger partial charge in [-0.05, 0) is 6.04 Å². The number of hydrogen-bond acceptors (Lipinski definition) is 3. The van der Waals surface area contributed by atoms with Crippen LogP contribution in [0.5, 0.6) is 0 Å². The normalized spacial score (nSPS) is 12.4. The maximum Gasteiger partial charge on any atom is 0.375 e. The van der Waals surface area contributed by atoms with E-state index in [1.807, 2.05) is 0 Å². The zero-order valence-electron chi connectivity index (χ0n) is 10.6. The molecule has 0 saturated heterocycles. The maximum absolute atomic E-state index is 11.5. The highest BCUT2D eigenvalue weighted by Crippen LogP contribution is 2.15. The van der Waals surface area contributed by atoms with E-state index in [9.17, 15) is 9.59 Å². The molecule has 0 saturated carbocycles. The van der Waals surface area contributed by atoms with Crippen LogP contribution in [0.25, 0.3) is 0 Å². The van der Waals surface area contributed by atoms with Crippen LogP contribution in [0.1, 0.15) is 20.8 Å². The van der Waals surface area contributed by atoms with E-state index in [2.05, 4.69) is 19.6 Å². The van der Waals surface area contributed by atoms with E-state index in [0.717, 1.165) is 6.04 Å². The first kappa shape index (κ1) is 14.4. The Labute approximate surface area is 93.2 Å². The lowest BCUT2D eigenvalue weighted by atomic mass is 9.91. The lowest BCUT2D eigenvalue weighted by molar-refractivity contribution is -0.157. The number of ketones is 1. The van der Waals surface area contributed by atoms with Crippen LogP contribution in [0, 0.1) is 5.41 Å². The molecule has 3 nitrogen and oxygen atoms in total. The van der Waals surface area contributed by atoms with Crippen LogP contribution < -0.4 is 0 Å². The summed E-state index contributed by atoms with van der Waals surface area (Å²) in [5, 5.41) is 0.